The van der Waals surface area contributed by atoms with Gasteiger partial charge < -0.3 is 51.0 Å². The van der Waals surface area contributed by atoms with Crippen LogP contribution in [-0.4, -0.2) is 60.3 Å². The number of rotatable bonds is 4. The molecule has 0 aromatic rings. The molecule has 11 nitrogen and oxygen atoms in total. The molecule has 140 valence electrons. The zero-order valence-corrected chi connectivity index (χ0v) is 22.7. The molecule has 0 aliphatic heterocycles. The Balaban J connectivity index is -0.0000000258. The zero-order chi connectivity index (χ0) is 19.8. The summed E-state index contributed by atoms with van der Waals surface area (Å²) in [7, 11) is 0. The number of carboxylic acids is 4. The molecule has 0 atom stereocenters. The molecule has 0 aromatic heterocycles. The van der Waals surface area contributed by atoms with E-state index >= 15 is 0 Å². The van der Waals surface area contributed by atoms with Crippen LogP contribution in [0.4, 0.5) is 0 Å². The normalized spacial score (nSPS) is 6.38. The van der Waals surface area contributed by atoms with Crippen LogP contribution in [-0.2, 0) is 19.2 Å². The largest absolute Gasteiger partial charge is 1.00 e. The van der Waals surface area contributed by atoms with Crippen LogP contribution in [0.15, 0.2) is 0 Å². The van der Waals surface area contributed by atoms with Crippen LogP contribution in [0.2, 0.25) is 0 Å². The molecule has 0 heterocycles. The number of nitrogens with two attached hydrogens (primary N) is 1. The standard InChI is InChI=1S/C4H12N2O.4C2H4O2.3Na/c5-1-2-6-3-4-7;4*1-2(3)4;;;/h6-7H,1-5H2;4*1H3,(H,3,4);;;/q;;;;;3*+1/p-3. The molecular weight excluding hydrogens is 385 g/mol. The molecule has 0 amide bonds. The number of aliphatic hydroxyl groups excluding tert-OH is 1. The van der Waals surface area contributed by atoms with Gasteiger partial charge in [0.2, 0.25) is 0 Å². The first kappa shape index (κ1) is 50.5. The minimum atomic E-state index is -1.08. The van der Waals surface area contributed by atoms with Crippen LogP contribution in [0.5, 0.6) is 0 Å². The summed E-state index contributed by atoms with van der Waals surface area (Å²) >= 11 is 0. The minimum Gasteiger partial charge on any atom is -0.550 e. The van der Waals surface area contributed by atoms with E-state index in [-0.39, 0.29) is 95.3 Å². The Hall–Kier alpha value is 0.760. The maximum Gasteiger partial charge on any atom is 1.00 e. The molecule has 0 rings (SSSR count). The van der Waals surface area contributed by atoms with Gasteiger partial charge in [-0.1, -0.05) is 0 Å². The molecule has 0 aliphatic rings. The number of carbonyl (C=O) groups is 4. The number of hydrogen-bond acceptors (Lipinski definition) is 10. The summed E-state index contributed by atoms with van der Waals surface area (Å²) in [6, 6.07) is 0. The summed E-state index contributed by atoms with van der Waals surface area (Å²) in [4.78, 5) is 35.7. The molecule has 0 spiro atoms. The number of hydrogen-bond donors (Lipinski definition) is 4. The van der Waals surface area contributed by atoms with Gasteiger partial charge in [-0.05, 0) is 20.8 Å². The zero-order valence-electron chi connectivity index (χ0n) is 16.7. The Morgan fingerprint density at radius 3 is 1.12 bits per heavy atom. The second-order valence-electron chi connectivity index (χ2n) is 3.26. The van der Waals surface area contributed by atoms with Gasteiger partial charge in [0.05, 0.1) is 6.61 Å². The number of carboxylic acid groups (broad SMARTS) is 4. The van der Waals surface area contributed by atoms with Crippen molar-refractivity contribution in [3.8, 4) is 0 Å². The van der Waals surface area contributed by atoms with Crippen molar-refractivity contribution in [2.45, 2.75) is 27.7 Å². The fourth-order valence-electron chi connectivity index (χ4n) is 0.306. The molecule has 0 fully saturated rings. The first-order chi connectivity index (χ1) is 10.3. The molecule has 0 aromatic carbocycles. The van der Waals surface area contributed by atoms with Crippen LogP contribution >= 0.6 is 0 Å². The van der Waals surface area contributed by atoms with Crippen molar-refractivity contribution in [3.63, 3.8) is 0 Å². The molecule has 0 aliphatic carbocycles. The van der Waals surface area contributed by atoms with Crippen LogP contribution in [0, 0.1) is 0 Å². The van der Waals surface area contributed by atoms with Gasteiger partial charge in [0.15, 0.2) is 0 Å². The number of nitrogens with one attached hydrogen (secondary N) is 1. The van der Waals surface area contributed by atoms with E-state index in [1.807, 2.05) is 0 Å². The van der Waals surface area contributed by atoms with E-state index in [4.69, 9.17) is 50.4 Å². The third kappa shape index (κ3) is 617. The Labute approximate surface area is 220 Å². The van der Waals surface area contributed by atoms with E-state index in [1.54, 1.807) is 0 Å². The second-order valence-corrected chi connectivity index (χ2v) is 3.26. The molecule has 0 bridgehead atoms. The summed E-state index contributed by atoms with van der Waals surface area (Å²) < 4.78 is 0. The van der Waals surface area contributed by atoms with E-state index in [2.05, 4.69) is 5.32 Å². The van der Waals surface area contributed by atoms with E-state index in [9.17, 15) is 0 Å². The first-order valence-corrected chi connectivity index (χ1v) is 6.08. The van der Waals surface area contributed by atoms with Gasteiger partial charge in [-0.3, -0.25) is 4.79 Å². The SMILES string of the molecule is CC(=O)O.CC(=O)[O-].CC(=O)[O-].CC(=O)[O-].NCCNCCO.[Na+].[Na+].[Na+]. The molecule has 0 radical (unpaired) electrons. The van der Waals surface area contributed by atoms with Gasteiger partial charge >= 0.3 is 88.7 Å². The average Bonchev–Trinajstić information content (AvgIpc) is 2.26. The molecule has 5 N–H and O–H groups in total. The van der Waals surface area contributed by atoms with Crippen molar-refractivity contribution >= 4 is 23.9 Å². The van der Waals surface area contributed by atoms with E-state index in [0.717, 1.165) is 34.2 Å². The predicted molar refractivity (Wildman–Crippen MR) is 74.4 cm³/mol. The van der Waals surface area contributed by atoms with Gasteiger partial charge in [-0.25, -0.2) is 0 Å². The number of carbonyl (C=O) groups excluding carboxylic acids is 3. The van der Waals surface area contributed by atoms with Crippen LogP contribution in [0.1, 0.15) is 27.7 Å². The maximum absolute atomic E-state index is 9.00. The topological polar surface area (TPSA) is 216 Å². The Bertz CT molecular complexity index is 242. The fourth-order valence-corrected chi connectivity index (χ4v) is 0.306. The van der Waals surface area contributed by atoms with Gasteiger partial charge in [0.1, 0.15) is 0 Å². The second kappa shape index (κ2) is 50.1. The Kier molecular flexibility index (Phi) is 97.2. The van der Waals surface area contributed by atoms with Crippen molar-refractivity contribution in [2.75, 3.05) is 26.2 Å². The number of aliphatic hydroxyl groups is 1. The van der Waals surface area contributed by atoms with Gasteiger partial charge in [-0.15, -0.1) is 0 Å². The number of aliphatic carboxylic acids is 4. The predicted octanol–water partition coefficient (Wildman–Crippen LogP) is -14.1. The molecule has 14 heteroatoms. The van der Waals surface area contributed by atoms with Crippen molar-refractivity contribution in [2.24, 2.45) is 5.73 Å². The maximum atomic E-state index is 9.00. The summed E-state index contributed by atoms with van der Waals surface area (Å²) in [5.41, 5.74) is 5.13. The third-order valence-corrected chi connectivity index (χ3v) is 0.610. The van der Waals surface area contributed by atoms with Crippen LogP contribution < -0.4 is 115 Å². The molecular formula is C12H25N2Na3O9. The molecule has 0 unspecified atom stereocenters. The summed E-state index contributed by atoms with van der Waals surface area (Å²) in [5.74, 6) is -4.08. The molecule has 0 saturated carbocycles. The fraction of sp³-hybridized carbons (Fsp3) is 0.667. The van der Waals surface area contributed by atoms with Gasteiger partial charge in [0, 0.05) is 44.5 Å². The molecule has 26 heavy (non-hydrogen) atoms. The summed E-state index contributed by atoms with van der Waals surface area (Å²) in [6.45, 7) is 6.28. The Morgan fingerprint density at radius 2 is 1.00 bits per heavy atom. The van der Waals surface area contributed by atoms with Crippen molar-refractivity contribution in [1.29, 1.82) is 0 Å². The average molecular weight is 410 g/mol. The minimum absolute atomic E-state index is 0. The summed E-state index contributed by atoms with van der Waals surface area (Å²) in [6.07, 6.45) is 0. The van der Waals surface area contributed by atoms with Gasteiger partial charge in [-0.2, -0.15) is 0 Å². The smallest absolute Gasteiger partial charge is 0.550 e. The van der Waals surface area contributed by atoms with Crippen LogP contribution in [0.25, 0.3) is 0 Å². The Morgan fingerprint density at radius 1 is 0.808 bits per heavy atom. The van der Waals surface area contributed by atoms with E-state index in [1.165, 1.54) is 0 Å². The summed E-state index contributed by atoms with van der Waals surface area (Å²) in [5, 5.41) is 45.2. The van der Waals surface area contributed by atoms with Crippen molar-refractivity contribution < 1.29 is 133 Å². The van der Waals surface area contributed by atoms with E-state index in [0.29, 0.717) is 13.1 Å². The monoisotopic (exact) mass is 410 g/mol. The van der Waals surface area contributed by atoms with E-state index < -0.39 is 23.9 Å². The van der Waals surface area contributed by atoms with Crippen molar-refractivity contribution in [3.05, 3.63) is 0 Å². The molecule has 0 saturated heterocycles. The quantitative estimate of drug-likeness (QED) is 0.252. The third-order valence-electron chi connectivity index (χ3n) is 0.610. The van der Waals surface area contributed by atoms with Gasteiger partial charge in [0.25, 0.3) is 5.97 Å². The van der Waals surface area contributed by atoms with Crippen molar-refractivity contribution in [1.82, 2.24) is 5.32 Å². The van der Waals surface area contributed by atoms with Crippen LogP contribution in [0.3, 0.4) is 0 Å². The first-order valence-electron chi connectivity index (χ1n) is 6.08.